The largest absolute Gasteiger partial charge is 0.444 e. The Bertz CT molecular complexity index is 1290. The summed E-state index contributed by atoms with van der Waals surface area (Å²) in [6, 6.07) is 0.0890. The van der Waals surface area contributed by atoms with Crippen LogP contribution >= 0.6 is 0 Å². The zero-order chi connectivity index (χ0) is 28.0. The van der Waals surface area contributed by atoms with Crippen molar-refractivity contribution in [1.82, 2.24) is 35.1 Å². The second-order valence-electron chi connectivity index (χ2n) is 11.0. The second kappa shape index (κ2) is 10.8. The van der Waals surface area contributed by atoms with Gasteiger partial charge >= 0.3 is 6.09 Å². The molecule has 0 aromatic carbocycles. The smallest absolute Gasteiger partial charge is 0.410 e. The fourth-order valence-electron chi connectivity index (χ4n) is 5.52. The average molecular weight is 559 g/mol. The second-order valence-corrected chi connectivity index (χ2v) is 11.0. The molecule has 6 rings (SSSR count). The Hall–Kier alpha value is -3.56. The lowest BCUT2D eigenvalue weighted by Gasteiger charge is -2.31. The van der Waals surface area contributed by atoms with Gasteiger partial charge in [-0.05, 0) is 38.0 Å². The molecule has 6 N–H and O–H groups in total. The number of nitrogens with one attached hydrogen (secondary N) is 2. The fraction of sp³-hybridized carbons (Fsp3) is 0.680. The average Bonchev–Trinajstić information content (AvgIpc) is 3.36. The van der Waals surface area contributed by atoms with Gasteiger partial charge in [0.05, 0.1) is 19.3 Å². The number of nitrogens with two attached hydrogens (primary N) is 1. The predicted octanol–water partition coefficient (Wildman–Crippen LogP) is -1.02. The summed E-state index contributed by atoms with van der Waals surface area (Å²) in [6.45, 7) is 1.50. The van der Waals surface area contributed by atoms with Crippen LogP contribution in [0.15, 0.2) is 6.33 Å². The number of aliphatic hydroxyl groups excluding tert-OH is 2. The SMILES string of the molecule is Nc1nc(CCC2CCN(C(=O)OC3CNC(=O)C3)CC2)nc2c1ncn2[C@@H]1O[C@H](C(=O)NC2CC2)C(O)C1O. The summed E-state index contributed by atoms with van der Waals surface area (Å²) < 4.78 is 12.7. The number of nitrogen functional groups attached to an aromatic ring is 1. The molecule has 216 valence electrons. The highest BCUT2D eigenvalue weighted by atomic mass is 16.6. The van der Waals surface area contributed by atoms with Crippen LogP contribution in [0.2, 0.25) is 0 Å². The molecule has 2 aromatic rings. The van der Waals surface area contributed by atoms with E-state index in [4.69, 9.17) is 15.2 Å². The van der Waals surface area contributed by atoms with Crippen LogP contribution in [0.3, 0.4) is 0 Å². The zero-order valence-corrected chi connectivity index (χ0v) is 21.9. The van der Waals surface area contributed by atoms with E-state index < -0.39 is 36.6 Å². The van der Waals surface area contributed by atoms with Gasteiger partial charge in [0.1, 0.15) is 29.7 Å². The number of imidazole rings is 1. The van der Waals surface area contributed by atoms with Gasteiger partial charge in [0.25, 0.3) is 5.91 Å². The Kier molecular flexibility index (Phi) is 7.18. The lowest BCUT2D eigenvalue weighted by molar-refractivity contribution is -0.137. The highest BCUT2D eigenvalue weighted by molar-refractivity contribution is 5.83. The highest BCUT2D eigenvalue weighted by Gasteiger charge is 2.48. The molecule has 0 radical (unpaired) electrons. The van der Waals surface area contributed by atoms with Gasteiger partial charge in [-0.1, -0.05) is 0 Å². The van der Waals surface area contributed by atoms with Crippen LogP contribution in [0.25, 0.3) is 11.2 Å². The molecule has 2 aromatic heterocycles. The van der Waals surface area contributed by atoms with E-state index in [-0.39, 0.29) is 30.3 Å². The van der Waals surface area contributed by atoms with Gasteiger partial charge in [-0.3, -0.25) is 14.2 Å². The van der Waals surface area contributed by atoms with Crippen LogP contribution in [0.5, 0.6) is 0 Å². The van der Waals surface area contributed by atoms with Gasteiger partial charge in [0.15, 0.2) is 23.8 Å². The molecule has 3 saturated heterocycles. The molecule has 15 heteroatoms. The van der Waals surface area contributed by atoms with Crippen LogP contribution in [0.1, 0.15) is 50.6 Å². The predicted molar refractivity (Wildman–Crippen MR) is 137 cm³/mol. The molecule has 0 spiro atoms. The van der Waals surface area contributed by atoms with E-state index in [1.54, 1.807) is 4.90 Å². The van der Waals surface area contributed by atoms with Crippen LogP contribution in [0.4, 0.5) is 10.6 Å². The molecule has 1 saturated carbocycles. The molecular weight excluding hydrogens is 524 g/mol. The molecule has 3 unspecified atom stereocenters. The molecule has 40 heavy (non-hydrogen) atoms. The summed E-state index contributed by atoms with van der Waals surface area (Å²) in [5, 5.41) is 26.6. The van der Waals surface area contributed by atoms with Crippen molar-refractivity contribution in [2.75, 3.05) is 25.4 Å². The highest BCUT2D eigenvalue weighted by Crippen LogP contribution is 2.33. The number of ether oxygens (including phenoxy) is 2. The quantitative estimate of drug-likeness (QED) is 0.278. The number of aryl methyl sites for hydroxylation is 1. The first-order valence-corrected chi connectivity index (χ1v) is 13.8. The van der Waals surface area contributed by atoms with Crippen molar-refractivity contribution in [1.29, 1.82) is 0 Å². The zero-order valence-electron chi connectivity index (χ0n) is 21.9. The molecule has 3 aliphatic heterocycles. The number of aromatic nitrogens is 4. The normalized spacial score (nSPS) is 29.1. The Morgan fingerprint density at radius 1 is 1.18 bits per heavy atom. The van der Waals surface area contributed by atoms with E-state index >= 15 is 0 Å². The summed E-state index contributed by atoms with van der Waals surface area (Å²) in [6.07, 6.45) is 0.479. The number of carbonyl (C=O) groups is 3. The monoisotopic (exact) mass is 558 g/mol. The van der Waals surface area contributed by atoms with Crippen molar-refractivity contribution in [3.63, 3.8) is 0 Å². The van der Waals surface area contributed by atoms with Crippen LogP contribution < -0.4 is 16.4 Å². The van der Waals surface area contributed by atoms with E-state index in [0.717, 1.165) is 32.1 Å². The number of fused-ring (bicyclic) bond motifs is 1. The van der Waals surface area contributed by atoms with Crippen molar-refractivity contribution < 1.29 is 34.1 Å². The summed E-state index contributed by atoms with van der Waals surface area (Å²) in [5.41, 5.74) is 6.86. The number of amides is 3. The van der Waals surface area contributed by atoms with E-state index in [1.807, 2.05) is 0 Å². The third kappa shape index (κ3) is 5.40. The Morgan fingerprint density at radius 2 is 1.95 bits per heavy atom. The summed E-state index contributed by atoms with van der Waals surface area (Å²) >= 11 is 0. The molecule has 0 bridgehead atoms. The van der Waals surface area contributed by atoms with Gasteiger partial charge in [-0.2, -0.15) is 0 Å². The maximum Gasteiger partial charge on any atom is 0.410 e. The van der Waals surface area contributed by atoms with E-state index in [1.165, 1.54) is 10.9 Å². The molecule has 1 aliphatic carbocycles. The topological polar surface area (TPSA) is 207 Å². The first kappa shape index (κ1) is 26.7. The van der Waals surface area contributed by atoms with Gasteiger partial charge in [-0.25, -0.2) is 19.7 Å². The van der Waals surface area contributed by atoms with Crippen LogP contribution in [-0.4, -0.2) is 103 Å². The number of nitrogens with zero attached hydrogens (tertiary/aromatic N) is 5. The molecular formula is C25H34N8O7. The first-order valence-electron chi connectivity index (χ1n) is 13.8. The third-order valence-corrected chi connectivity index (χ3v) is 8.05. The van der Waals surface area contributed by atoms with Gasteiger partial charge in [0, 0.05) is 25.6 Å². The van der Waals surface area contributed by atoms with Crippen molar-refractivity contribution in [2.24, 2.45) is 5.92 Å². The molecule has 4 aliphatic rings. The number of hydrogen-bond acceptors (Lipinski definition) is 11. The minimum absolute atomic E-state index is 0.0890. The number of aliphatic hydroxyl groups is 2. The van der Waals surface area contributed by atoms with Crippen molar-refractivity contribution in [3.8, 4) is 0 Å². The number of likely N-dealkylation sites (tertiary alicyclic amines) is 1. The molecule has 5 atom stereocenters. The van der Waals surface area contributed by atoms with Crippen LogP contribution in [-0.2, 0) is 25.5 Å². The van der Waals surface area contributed by atoms with Gasteiger partial charge in [-0.15, -0.1) is 0 Å². The first-order chi connectivity index (χ1) is 19.3. The van der Waals surface area contributed by atoms with E-state index in [2.05, 4.69) is 25.6 Å². The Morgan fingerprint density at radius 3 is 2.65 bits per heavy atom. The standard InChI is InChI=1S/C25H34N8O7/c26-21-17-22(33(11-28-17)24-19(36)18(35)20(40-24)23(37)29-13-2-3-13)31-15(30-21)4-1-12-5-7-32(8-6-12)25(38)39-14-9-16(34)27-10-14/h11-14,18-20,24,35-36H,1-10H2,(H,27,34)(H,29,37)(H2,26,30,31)/t14?,18?,19?,20-,24+/m0/s1. The number of anilines is 1. The lowest BCUT2D eigenvalue weighted by atomic mass is 9.92. The van der Waals surface area contributed by atoms with Gasteiger partial charge < -0.3 is 41.0 Å². The molecule has 15 nitrogen and oxygen atoms in total. The number of rotatable bonds is 7. The summed E-state index contributed by atoms with van der Waals surface area (Å²) in [5.74, 6) is 0.478. The minimum atomic E-state index is -1.40. The minimum Gasteiger partial charge on any atom is -0.444 e. The van der Waals surface area contributed by atoms with Crippen molar-refractivity contribution in [2.45, 2.75) is 81.6 Å². The lowest BCUT2D eigenvalue weighted by Crippen LogP contribution is -2.43. The van der Waals surface area contributed by atoms with E-state index in [0.29, 0.717) is 49.0 Å². The van der Waals surface area contributed by atoms with E-state index in [9.17, 15) is 24.6 Å². The maximum absolute atomic E-state index is 12.5. The number of piperidine rings is 1. The summed E-state index contributed by atoms with van der Waals surface area (Å²) in [7, 11) is 0. The Balaban J connectivity index is 1.06. The molecule has 4 fully saturated rings. The van der Waals surface area contributed by atoms with Crippen molar-refractivity contribution >= 4 is 34.9 Å². The van der Waals surface area contributed by atoms with Crippen molar-refractivity contribution in [3.05, 3.63) is 12.2 Å². The van der Waals surface area contributed by atoms with Gasteiger partial charge in [0.2, 0.25) is 5.91 Å². The third-order valence-electron chi connectivity index (χ3n) is 8.05. The van der Waals surface area contributed by atoms with Crippen LogP contribution in [0, 0.1) is 5.92 Å². The fourth-order valence-corrected chi connectivity index (χ4v) is 5.52. The molecule has 3 amide bonds. The number of hydrogen-bond donors (Lipinski definition) is 5. The Labute approximate surface area is 229 Å². The molecule has 5 heterocycles. The maximum atomic E-state index is 12.5. The summed E-state index contributed by atoms with van der Waals surface area (Å²) in [4.78, 5) is 51.3. The number of carbonyl (C=O) groups excluding carboxylic acids is 3.